The third-order valence-electron chi connectivity index (χ3n) is 2.94. The molecule has 1 aliphatic heterocycles. The minimum atomic E-state index is 0. The second-order valence-electron chi connectivity index (χ2n) is 3.86. The molecule has 2 aromatic rings. The van der Waals surface area contributed by atoms with Crippen LogP contribution in [0.3, 0.4) is 0 Å². The van der Waals surface area contributed by atoms with E-state index in [1.165, 1.54) is 22.0 Å². The van der Waals surface area contributed by atoms with Crippen molar-refractivity contribution in [2.24, 2.45) is 0 Å². The van der Waals surface area contributed by atoms with Crippen molar-refractivity contribution in [2.75, 3.05) is 13.1 Å². The summed E-state index contributed by atoms with van der Waals surface area (Å²) in [6, 6.07) is 8.45. The Labute approximate surface area is 115 Å². The maximum absolute atomic E-state index is 4.33. The van der Waals surface area contributed by atoms with E-state index in [1.54, 1.807) is 0 Å². The van der Waals surface area contributed by atoms with Gasteiger partial charge in [-0.05, 0) is 18.1 Å². The standard InChI is InChI=1S/C13H13N2.Cd/c1-2-4-13-11(3-1)12(9-15-13)10-5-7-14-8-6-10;/h1-5,9,15H,6-8H2;/q-1;. The van der Waals surface area contributed by atoms with Gasteiger partial charge in [0.1, 0.15) is 0 Å². The van der Waals surface area contributed by atoms with Crippen LogP contribution in [-0.2, 0) is 27.3 Å². The molecule has 0 atom stereocenters. The number of nitrogens with one attached hydrogen (secondary N) is 1. The van der Waals surface area contributed by atoms with E-state index in [2.05, 4.69) is 46.8 Å². The molecule has 0 aliphatic carbocycles. The Hall–Kier alpha value is -0.618. The van der Waals surface area contributed by atoms with Crippen LogP contribution in [0.4, 0.5) is 0 Å². The predicted octanol–water partition coefficient (Wildman–Crippen LogP) is 3.33. The average molecular weight is 310 g/mol. The van der Waals surface area contributed by atoms with Gasteiger partial charge in [-0.3, -0.25) is 0 Å². The second-order valence-corrected chi connectivity index (χ2v) is 3.86. The molecule has 16 heavy (non-hydrogen) atoms. The maximum Gasteiger partial charge on any atom is 0.0460 e. The van der Waals surface area contributed by atoms with Crippen molar-refractivity contribution in [1.29, 1.82) is 0 Å². The van der Waals surface area contributed by atoms with Gasteiger partial charge >= 0.3 is 0 Å². The van der Waals surface area contributed by atoms with Crippen molar-refractivity contribution in [2.45, 2.75) is 6.42 Å². The number of fused-ring (bicyclic) bond motifs is 1. The van der Waals surface area contributed by atoms with Gasteiger partial charge < -0.3 is 10.3 Å². The number of aromatic nitrogens is 1. The molecule has 78 valence electrons. The van der Waals surface area contributed by atoms with Gasteiger partial charge in [0.15, 0.2) is 0 Å². The first-order chi connectivity index (χ1) is 7.45. The normalized spacial score (nSPS) is 15.6. The SMILES string of the molecule is C1=C(c2c[nH]c3ccccc23)CC[N-]C1.[Cd]. The van der Waals surface area contributed by atoms with E-state index >= 15 is 0 Å². The molecule has 1 N–H and O–H groups in total. The zero-order valence-corrected chi connectivity index (χ0v) is 13.3. The first-order valence-corrected chi connectivity index (χ1v) is 5.34. The Morgan fingerprint density at radius 3 is 2.88 bits per heavy atom. The molecule has 2 nitrogen and oxygen atoms in total. The number of aromatic amines is 1. The Kier molecular flexibility index (Phi) is 3.81. The predicted molar refractivity (Wildman–Crippen MR) is 64.0 cm³/mol. The van der Waals surface area contributed by atoms with Crippen LogP contribution in [0, 0.1) is 0 Å². The van der Waals surface area contributed by atoms with Crippen LogP contribution < -0.4 is 0 Å². The number of hydrogen-bond acceptors (Lipinski definition) is 0. The Bertz CT molecular complexity index is 513. The van der Waals surface area contributed by atoms with Gasteiger partial charge in [-0.2, -0.15) is 0 Å². The Morgan fingerprint density at radius 2 is 2.06 bits per heavy atom. The van der Waals surface area contributed by atoms with Crippen molar-refractivity contribution >= 4 is 16.5 Å². The quantitative estimate of drug-likeness (QED) is 0.783. The third-order valence-corrected chi connectivity index (χ3v) is 2.94. The fourth-order valence-corrected chi connectivity index (χ4v) is 2.15. The molecule has 0 fully saturated rings. The van der Waals surface area contributed by atoms with Crippen LogP contribution in [0.2, 0.25) is 0 Å². The van der Waals surface area contributed by atoms with E-state index in [0.717, 1.165) is 19.5 Å². The van der Waals surface area contributed by atoms with Gasteiger partial charge in [-0.25, -0.2) is 0 Å². The summed E-state index contributed by atoms with van der Waals surface area (Å²) in [7, 11) is 0. The molecule has 0 bridgehead atoms. The fraction of sp³-hybridized carbons (Fsp3) is 0.231. The Morgan fingerprint density at radius 1 is 1.19 bits per heavy atom. The van der Waals surface area contributed by atoms with E-state index in [0.29, 0.717) is 0 Å². The molecule has 0 unspecified atom stereocenters. The van der Waals surface area contributed by atoms with Crippen molar-refractivity contribution in [3.63, 3.8) is 0 Å². The van der Waals surface area contributed by atoms with Crippen molar-refractivity contribution in [1.82, 2.24) is 4.98 Å². The monoisotopic (exact) mass is 311 g/mol. The number of benzene rings is 1. The summed E-state index contributed by atoms with van der Waals surface area (Å²) < 4.78 is 0. The largest absolute Gasteiger partial charge is 0.659 e. The summed E-state index contributed by atoms with van der Waals surface area (Å²) in [5.41, 5.74) is 4.00. The smallest absolute Gasteiger partial charge is 0.0460 e. The van der Waals surface area contributed by atoms with Crippen LogP contribution in [0.15, 0.2) is 36.5 Å². The molecule has 0 radical (unpaired) electrons. The first kappa shape index (κ1) is 11.9. The van der Waals surface area contributed by atoms with E-state index in [1.807, 2.05) is 0 Å². The fourth-order valence-electron chi connectivity index (χ4n) is 2.15. The molecule has 0 saturated carbocycles. The zero-order chi connectivity index (χ0) is 10.1. The second kappa shape index (κ2) is 5.14. The summed E-state index contributed by atoms with van der Waals surface area (Å²) in [4.78, 5) is 3.31. The summed E-state index contributed by atoms with van der Waals surface area (Å²) in [5.74, 6) is 0. The minimum absolute atomic E-state index is 0. The number of para-hydroxylation sites is 1. The average Bonchev–Trinajstić information content (AvgIpc) is 2.74. The molecule has 1 aromatic heterocycles. The number of rotatable bonds is 1. The summed E-state index contributed by atoms with van der Waals surface area (Å²) in [5, 5.41) is 5.66. The van der Waals surface area contributed by atoms with Gasteiger partial charge in [0.2, 0.25) is 0 Å². The van der Waals surface area contributed by atoms with Crippen molar-refractivity contribution in [3.8, 4) is 0 Å². The van der Waals surface area contributed by atoms with Gasteiger partial charge in [0.25, 0.3) is 0 Å². The molecule has 0 amide bonds. The van der Waals surface area contributed by atoms with Crippen molar-refractivity contribution in [3.05, 3.63) is 47.4 Å². The van der Waals surface area contributed by atoms with Gasteiger partial charge in [0, 0.05) is 50.0 Å². The van der Waals surface area contributed by atoms with Gasteiger partial charge in [-0.15, -0.1) is 19.2 Å². The van der Waals surface area contributed by atoms with E-state index < -0.39 is 0 Å². The number of H-pyrrole nitrogens is 1. The van der Waals surface area contributed by atoms with Gasteiger partial charge in [-0.1, -0.05) is 18.2 Å². The van der Waals surface area contributed by atoms with E-state index in [4.69, 9.17) is 0 Å². The number of nitrogens with zero attached hydrogens (tertiary/aromatic N) is 1. The Balaban J connectivity index is 0.000000963. The molecule has 3 heteroatoms. The molecule has 0 spiro atoms. The van der Waals surface area contributed by atoms with E-state index in [-0.39, 0.29) is 27.3 Å². The van der Waals surface area contributed by atoms with Crippen LogP contribution in [0.1, 0.15) is 12.0 Å². The van der Waals surface area contributed by atoms with Crippen LogP contribution in [-0.4, -0.2) is 18.1 Å². The van der Waals surface area contributed by atoms with Crippen LogP contribution in [0.25, 0.3) is 21.8 Å². The van der Waals surface area contributed by atoms with Crippen LogP contribution >= 0.6 is 0 Å². The first-order valence-electron chi connectivity index (χ1n) is 5.34. The molecule has 2 heterocycles. The van der Waals surface area contributed by atoms with Gasteiger partial charge in [0.05, 0.1) is 0 Å². The topological polar surface area (TPSA) is 29.9 Å². The summed E-state index contributed by atoms with van der Waals surface area (Å²) in [6.07, 6.45) is 5.42. The van der Waals surface area contributed by atoms with Crippen LogP contribution in [0.5, 0.6) is 0 Å². The minimum Gasteiger partial charge on any atom is -0.659 e. The maximum atomic E-state index is 4.33. The third kappa shape index (κ3) is 2.08. The summed E-state index contributed by atoms with van der Waals surface area (Å²) >= 11 is 0. The summed E-state index contributed by atoms with van der Waals surface area (Å²) in [6.45, 7) is 1.83. The van der Waals surface area contributed by atoms with E-state index in [9.17, 15) is 0 Å². The molecule has 1 aliphatic rings. The van der Waals surface area contributed by atoms with Crippen molar-refractivity contribution < 1.29 is 27.3 Å². The zero-order valence-electron chi connectivity index (χ0n) is 9.24. The molecular formula is C13H13CdN2-. The molecular weight excluding hydrogens is 297 g/mol. The number of hydrogen-bond donors (Lipinski definition) is 1. The molecule has 0 saturated heterocycles. The molecule has 3 rings (SSSR count). The molecule has 1 aromatic carbocycles.